The van der Waals surface area contributed by atoms with Crippen LogP contribution in [0.5, 0.6) is 11.8 Å². The third-order valence-corrected chi connectivity index (χ3v) is 6.34. The molecule has 5 nitrogen and oxygen atoms in total. The molecule has 0 saturated heterocycles. The third-order valence-electron chi connectivity index (χ3n) is 5.32. The first-order valence-electron chi connectivity index (χ1n) is 10.4. The zero-order valence-electron chi connectivity index (χ0n) is 17.5. The summed E-state index contributed by atoms with van der Waals surface area (Å²) in [5.74, 6) is 0.539. The topological polar surface area (TPSA) is 75.2 Å². The van der Waals surface area contributed by atoms with Gasteiger partial charge in [-0.15, -0.1) is 0 Å². The summed E-state index contributed by atoms with van der Waals surface area (Å²) in [6, 6.07) is 29.7. The number of H-pyrrole nitrogens is 1. The number of hydrogen-bond donors (Lipinski definition) is 2. The van der Waals surface area contributed by atoms with Crippen molar-refractivity contribution in [1.29, 1.82) is 0 Å². The Hall–Kier alpha value is -3.37. The average molecular weight is 475 g/mol. The van der Waals surface area contributed by atoms with Crippen molar-refractivity contribution >= 4 is 30.7 Å². The normalized spacial score (nSPS) is 12.1. The Morgan fingerprint density at radius 3 is 2.36 bits per heavy atom. The summed E-state index contributed by atoms with van der Waals surface area (Å²) >= 11 is 6.59. The van der Waals surface area contributed by atoms with Gasteiger partial charge < -0.3 is 14.6 Å². The van der Waals surface area contributed by atoms with Crippen molar-refractivity contribution < 1.29 is 14.2 Å². The Bertz CT molecular complexity index is 1450. The second kappa shape index (κ2) is 9.24. The van der Waals surface area contributed by atoms with Gasteiger partial charge in [-0.3, -0.25) is 4.57 Å². The van der Waals surface area contributed by atoms with Crippen LogP contribution >= 0.6 is 19.6 Å². The van der Waals surface area contributed by atoms with E-state index in [0.29, 0.717) is 16.8 Å². The molecule has 1 unspecified atom stereocenters. The van der Waals surface area contributed by atoms with E-state index in [1.165, 1.54) is 0 Å². The Balaban J connectivity index is 1.42. The number of fused-ring (bicyclic) bond motifs is 1. The van der Waals surface area contributed by atoms with Gasteiger partial charge in [-0.05, 0) is 46.5 Å². The number of ether oxygens (including phenoxy) is 1. The number of benzene rings is 4. The quantitative estimate of drug-likeness (QED) is 0.253. The van der Waals surface area contributed by atoms with Crippen LogP contribution in [0.15, 0.2) is 91.0 Å². The van der Waals surface area contributed by atoms with E-state index in [1.54, 1.807) is 24.3 Å². The molecule has 1 aromatic heterocycles. The van der Waals surface area contributed by atoms with Crippen LogP contribution in [0.1, 0.15) is 5.56 Å². The van der Waals surface area contributed by atoms with Crippen LogP contribution in [0.2, 0.25) is 5.02 Å². The van der Waals surface area contributed by atoms with Gasteiger partial charge in [0.05, 0.1) is 16.1 Å². The van der Waals surface area contributed by atoms with Gasteiger partial charge in [-0.25, -0.2) is 0 Å². The van der Waals surface area contributed by atoms with Crippen molar-refractivity contribution in [3.8, 4) is 34.0 Å². The smallest absolute Gasteiger partial charge is 0.300 e. The molecule has 0 aliphatic rings. The van der Waals surface area contributed by atoms with Gasteiger partial charge in [-0.1, -0.05) is 78.3 Å². The number of nitrogens with one attached hydrogen (secondary N) is 1. The van der Waals surface area contributed by atoms with Gasteiger partial charge >= 0.3 is 0 Å². The van der Waals surface area contributed by atoms with Gasteiger partial charge in [0.2, 0.25) is 0 Å². The fourth-order valence-corrected chi connectivity index (χ4v) is 4.60. The van der Waals surface area contributed by atoms with E-state index < -0.39 is 8.03 Å². The first-order chi connectivity index (χ1) is 16.0. The molecule has 0 bridgehead atoms. The first-order valence-corrected chi connectivity index (χ1v) is 12.3. The number of rotatable bonds is 6. The number of aromatic nitrogens is 2. The third kappa shape index (κ3) is 4.86. The van der Waals surface area contributed by atoms with Crippen LogP contribution in [0.25, 0.3) is 33.3 Å². The molecule has 0 fully saturated rings. The van der Waals surface area contributed by atoms with Gasteiger partial charge in [0, 0.05) is 11.7 Å². The van der Waals surface area contributed by atoms with Crippen molar-refractivity contribution in [2.24, 2.45) is 0 Å². The molecule has 0 aliphatic carbocycles. The zero-order valence-corrected chi connectivity index (χ0v) is 19.2. The maximum absolute atomic E-state index is 11.1. The van der Waals surface area contributed by atoms with E-state index in [4.69, 9.17) is 16.3 Å². The highest BCUT2D eigenvalue weighted by atomic mass is 35.5. The summed E-state index contributed by atoms with van der Waals surface area (Å²) in [4.78, 5) is 16.9. The lowest BCUT2D eigenvalue weighted by molar-refractivity contribution is 0.449. The maximum atomic E-state index is 11.1. The highest BCUT2D eigenvalue weighted by molar-refractivity contribution is 7.37. The molecule has 7 heteroatoms. The molecule has 0 radical (unpaired) electrons. The second-order valence-electron chi connectivity index (χ2n) is 7.65. The summed E-state index contributed by atoms with van der Waals surface area (Å²) in [7, 11) is -2.59. The van der Waals surface area contributed by atoms with Crippen LogP contribution in [-0.4, -0.2) is 14.9 Å². The maximum Gasteiger partial charge on any atom is 0.300 e. The molecule has 164 valence electrons. The highest BCUT2D eigenvalue weighted by Gasteiger charge is 2.12. The number of aromatic amines is 1. The molecule has 1 heterocycles. The predicted octanol–water partition coefficient (Wildman–Crippen LogP) is 7.31. The second-order valence-corrected chi connectivity index (χ2v) is 9.20. The van der Waals surface area contributed by atoms with Crippen molar-refractivity contribution in [3.63, 3.8) is 0 Å². The number of halogens is 1. The van der Waals surface area contributed by atoms with Crippen molar-refractivity contribution in [1.82, 2.24) is 9.97 Å². The molecule has 0 saturated carbocycles. The van der Waals surface area contributed by atoms with Gasteiger partial charge in [0.15, 0.2) is 8.03 Å². The Morgan fingerprint density at radius 1 is 0.879 bits per heavy atom. The van der Waals surface area contributed by atoms with Crippen molar-refractivity contribution in [2.75, 3.05) is 0 Å². The molecular formula is C26H20ClN2O3P. The van der Waals surface area contributed by atoms with E-state index in [9.17, 15) is 9.46 Å². The fourth-order valence-electron chi connectivity index (χ4n) is 3.75. The first kappa shape index (κ1) is 21.5. The van der Waals surface area contributed by atoms with Crippen LogP contribution < -0.4 is 4.74 Å². The SMILES string of the molecule is O=[PH](O)Cc1cccc(Oc2nc3cc(-c4ccc(-c5ccccc5)cc4)c(Cl)cc3[nH]2)c1. The molecule has 2 N–H and O–H groups in total. The largest absolute Gasteiger partial charge is 0.426 e. The van der Waals surface area contributed by atoms with E-state index in [0.717, 1.165) is 38.9 Å². The Labute approximate surface area is 196 Å². The summed E-state index contributed by atoms with van der Waals surface area (Å²) in [6.45, 7) is 0. The molecule has 33 heavy (non-hydrogen) atoms. The van der Waals surface area contributed by atoms with E-state index in [-0.39, 0.29) is 6.16 Å². The number of imidazole rings is 1. The highest BCUT2D eigenvalue weighted by Crippen LogP contribution is 2.34. The van der Waals surface area contributed by atoms with E-state index in [1.807, 2.05) is 30.3 Å². The van der Waals surface area contributed by atoms with Crippen LogP contribution in [-0.2, 0) is 10.7 Å². The summed E-state index contributed by atoms with van der Waals surface area (Å²) in [6.07, 6.45) is 0.115. The van der Waals surface area contributed by atoms with Crippen molar-refractivity contribution in [3.05, 3.63) is 102 Å². The van der Waals surface area contributed by atoms with E-state index >= 15 is 0 Å². The minimum atomic E-state index is -2.59. The molecule has 0 spiro atoms. The lowest BCUT2D eigenvalue weighted by atomic mass is 10.00. The number of nitrogens with zero attached hydrogens (tertiary/aromatic N) is 1. The van der Waals surface area contributed by atoms with Crippen molar-refractivity contribution in [2.45, 2.75) is 6.16 Å². The lowest BCUT2D eigenvalue weighted by Crippen LogP contribution is -1.87. The monoisotopic (exact) mass is 474 g/mol. The zero-order chi connectivity index (χ0) is 22.8. The van der Waals surface area contributed by atoms with Gasteiger partial charge in [0.25, 0.3) is 6.01 Å². The standard InChI is InChI=1S/C26H20ClN2O3P/c27-23-15-25-24(28-26(29-25)32-21-8-4-5-17(13-21)16-33(30)31)14-22(23)20-11-9-19(10-12-20)18-6-2-1-3-7-18/h1-15,33H,16H2,(H,28,29)(H,30,31). The van der Waals surface area contributed by atoms with Crippen LogP contribution in [0, 0.1) is 0 Å². The minimum absolute atomic E-state index is 0.115. The Kier molecular flexibility index (Phi) is 6.01. The number of hydrogen-bond acceptors (Lipinski definition) is 3. The molecule has 0 amide bonds. The molecule has 4 aromatic carbocycles. The fraction of sp³-hybridized carbons (Fsp3) is 0.0385. The lowest BCUT2D eigenvalue weighted by Gasteiger charge is -2.07. The van der Waals surface area contributed by atoms with Gasteiger partial charge in [-0.2, -0.15) is 4.98 Å². The molecule has 0 aliphatic heterocycles. The van der Waals surface area contributed by atoms with Crippen LogP contribution in [0.4, 0.5) is 0 Å². The van der Waals surface area contributed by atoms with Crippen LogP contribution in [0.3, 0.4) is 0 Å². The molecular weight excluding hydrogens is 455 g/mol. The summed E-state index contributed by atoms with van der Waals surface area (Å²) in [5.41, 5.74) is 6.41. The molecule has 1 atom stereocenters. The van der Waals surface area contributed by atoms with E-state index in [2.05, 4.69) is 46.4 Å². The summed E-state index contributed by atoms with van der Waals surface area (Å²) < 4.78 is 17.0. The average Bonchev–Trinajstić information content (AvgIpc) is 3.20. The minimum Gasteiger partial charge on any atom is -0.426 e. The molecule has 5 rings (SSSR count). The molecule has 5 aromatic rings. The Morgan fingerprint density at radius 2 is 1.61 bits per heavy atom. The summed E-state index contributed by atoms with van der Waals surface area (Å²) in [5, 5.41) is 0.611. The predicted molar refractivity (Wildman–Crippen MR) is 133 cm³/mol. The van der Waals surface area contributed by atoms with Gasteiger partial charge in [0.1, 0.15) is 5.75 Å².